The van der Waals surface area contributed by atoms with Crippen molar-refractivity contribution >= 4 is 17.1 Å². The van der Waals surface area contributed by atoms with E-state index in [0.717, 1.165) is 24.4 Å². The molecule has 0 aromatic carbocycles. The number of ketones is 1. The van der Waals surface area contributed by atoms with Crippen LogP contribution in [-0.4, -0.2) is 18.9 Å². The minimum Gasteiger partial charge on any atom is -0.316 e. The van der Waals surface area contributed by atoms with Gasteiger partial charge in [0.05, 0.1) is 4.88 Å². The lowest BCUT2D eigenvalue weighted by Crippen LogP contribution is -2.12. The zero-order chi connectivity index (χ0) is 9.97. The van der Waals surface area contributed by atoms with Crippen molar-refractivity contribution in [2.24, 2.45) is 5.92 Å². The van der Waals surface area contributed by atoms with Gasteiger partial charge in [-0.15, -0.1) is 11.3 Å². The Morgan fingerprint density at radius 2 is 2.50 bits per heavy atom. The Labute approximate surface area is 88.3 Å². The number of nitrogens with one attached hydrogen (secondary N) is 1. The number of Topliss-reactive ketones (excluding diaryl/α,β-unsaturated/α-hetero) is 1. The molecule has 1 aromatic heterocycles. The number of hydrogen-bond acceptors (Lipinski definition) is 3. The van der Waals surface area contributed by atoms with Gasteiger partial charge in [-0.3, -0.25) is 4.79 Å². The van der Waals surface area contributed by atoms with Crippen LogP contribution in [0.4, 0.5) is 0 Å². The molecule has 2 rings (SSSR count). The van der Waals surface area contributed by atoms with E-state index in [1.807, 2.05) is 19.1 Å². The van der Waals surface area contributed by atoms with Crippen LogP contribution in [0.2, 0.25) is 0 Å². The van der Waals surface area contributed by atoms with Gasteiger partial charge in [0.25, 0.3) is 0 Å². The van der Waals surface area contributed by atoms with Gasteiger partial charge in [0.2, 0.25) is 0 Å². The molecule has 1 saturated heterocycles. The van der Waals surface area contributed by atoms with Crippen LogP contribution >= 0.6 is 11.3 Å². The van der Waals surface area contributed by atoms with Crippen molar-refractivity contribution in [1.82, 2.24) is 5.32 Å². The number of rotatable bonds is 3. The second-order valence-corrected chi connectivity index (χ2v) is 5.18. The van der Waals surface area contributed by atoms with Gasteiger partial charge < -0.3 is 5.32 Å². The summed E-state index contributed by atoms with van der Waals surface area (Å²) in [6.45, 7) is 4.12. The highest BCUT2D eigenvalue weighted by atomic mass is 32.1. The molecule has 14 heavy (non-hydrogen) atoms. The molecular weight excluding hydrogens is 194 g/mol. The first kappa shape index (κ1) is 9.87. The first-order chi connectivity index (χ1) is 6.75. The molecule has 1 atom stereocenters. The van der Waals surface area contributed by atoms with Crippen LogP contribution in [-0.2, 0) is 0 Å². The third-order valence-corrected chi connectivity index (χ3v) is 3.69. The molecule has 0 amide bonds. The molecule has 0 aliphatic carbocycles. The minimum atomic E-state index is 0.316. The fourth-order valence-corrected chi connectivity index (χ4v) is 2.65. The molecule has 76 valence electrons. The van der Waals surface area contributed by atoms with Gasteiger partial charge in [0.15, 0.2) is 5.78 Å². The van der Waals surface area contributed by atoms with Gasteiger partial charge >= 0.3 is 0 Å². The lowest BCUT2D eigenvalue weighted by molar-refractivity contribution is 0.0968. The van der Waals surface area contributed by atoms with Gasteiger partial charge in [0.1, 0.15) is 0 Å². The molecule has 0 saturated carbocycles. The third-order valence-electron chi connectivity index (χ3n) is 2.65. The van der Waals surface area contributed by atoms with Crippen molar-refractivity contribution in [3.63, 3.8) is 0 Å². The smallest absolute Gasteiger partial charge is 0.173 e. The molecule has 1 aliphatic rings. The summed E-state index contributed by atoms with van der Waals surface area (Å²) in [6.07, 6.45) is 1.86. The van der Waals surface area contributed by atoms with Gasteiger partial charge in [-0.2, -0.15) is 0 Å². The maximum Gasteiger partial charge on any atom is 0.173 e. The molecule has 1 aliphatic heterocycles. The van der Waals surface area contributed by atoms with E-state index in [4.69, 9.17) is 0 Å². The molecule has 0 spiro atoms. The largest absolute Gasteiger partial charge is 0.316 e. The lowest BCUT2D eigenvalue weighted by Gasteiger charge is -2.04. The summed E-state index contributed by atoms with van der Waals surface area (Å²) in [5.74, 6) is 0.877. The van der Waals surface area contributed by atoms with E-state index in [1.54, 1.807) is 11.3 Å². The summed E-state index contributed by atoms with van der Waals surface area (Å²) >= 11 is 1.61. The van der Waals surface area contributed by atoms with Crippen molar-refractivity contribution in [2.45, 2.75) is 19.8 Å². The van der Waals surface area contributed by atoms with Crippen LogP contribution in [0.5, 0.6) is 0 Å². The van der Waals surface area contributed by atoms with E-state index >= 15 is 0 Å². The van der Waals surface area contributed by atoms with Gasteiger partial charge in [-0.1, -0.05) is 0 Å². The SMILES string of the molecule is Cc1ccc(C(=O)CC2CCNC2)s1. The number of hydrogen-bond donors (Lipinski definition) is 1. The van der Waals surface area contributed by atoms with E-state index in [0.29, 0.717) is 18.1 Å². The Balaban J connectivity index is 1.95. The predicted molar refractivity (Wildman–Crippen MR) is 59.0 cm³/mol. The van der Waals surface area contributed by atoms with Crippen LogP contribution < -0.4 is 5.32 Å². The minimum absolute atomic E-state index is 0.316. The summed E-state index contributed by atoms with van der Waals surface area (Å²) in [6, 6.07) is 3.97. The van der Waals surface area contributed by atoms with Gasteiger partial charge in [-0.25, -0.2) is 0 Å². The average Bonchev–Trinajstić information content (AvgIpc) is 2.75. The summed E-state index contributed by atoms with van der Waals surface area (Å²) in [5, 5.41) is 3.29. The molecule has 1 aromatic rings. The van der Waals surface area contributed by atoms with Crippen molar-refractivity contribution in [3.8, 4) is 0 Å². The summed E-state index contributed by atoms with van der Waals surface area (Å²) < 4.78 is 0. The van der Waals surface area contributed by atoms with Gasteiger partial charge in [-0.05, 0) is 44.5 Å². The first-order valence-corrected chi connectivity index (χ1v) is 5.87. The molecular formula is C11H15NOS. The van der Waals surface area contributed by atoms with E-state index in [-0.39, 0.29) is 0 Å². The maximum absolute atomic E-state index is 11.8. The van der Waals surface area contributed by atoms with E-state index in [1.165, 1.54) is 4.88 Å². The standard InChI is InChI=1S/C11H15NOS/c1-8-2-3-11(14-8)10(13)6-9-4-5-12-7-9/h2-3,9,12H,4-7H2,1H3. The summed E-state index contributed by atoms with van der Waals surface area (Å²) in [7, 11) is 0. The molecule has 2 nitrogen and oxygen atoms in total. The van der Waals surface area contributed by atoms with Crippen molar-refractivity contribution < 1.29 is 4.79 Å². The van der Waals surface area contributed by atoms with Crippen LogP contribution in [0.15, 0.2) is 12.1 Å². The summed E-state index contributed by atoms with van der Waals surface area (Å²) in [4.78, 5) is 13.9. The van der Waals surface area contributed by atoms with E-state index < -0.39 is 0 Å². The lowest BCUT2D eigenvalue weighted by atomic mass is 10.0. The number of thiophene rings is 1. The molecule has 1 N–H and O–H groups in total. The fourth-order valence-electron chi connectivity index (χ4n) is 1.84. The zero-order valence-corrected chi connectivity index (χ0v) is 9.19. The van der Waals surface area contributed by atoms with Crippen molar-refractivity contribution in [1.29, 1.82) is 0 Å². The van der Waals surface area contributed by atoms with Crippen LogP contribution in [0.1, 0.15) is 27.4 Å². The highest BCUT2D eigenvalue weighted by Gasteiger charge is 2.19. The Bertz CT molecular complexity index is 326. The normalized spacial score (nSPS) is 21.4. The zero-order valence-electron chi connectivity index (χ0n) is 8.38. The highest BCUT2D eigenvalue weighted by Crippen LogP contribution is 2.21. The van der Waals surface area contributed by atoms with E-state index in [9.17, 15) is 4.79 Å². The molecule has 1 unspecified atom stereocenters. The average molecular weight is 209 g/mol. The van der Waals surface area contributed by atoms with Crippen LogP contribution in [0, 0.1) is 12.8 Å². The molecule has 0 radical (unpaired) electrons. The summed E-state index contributed by atoms with van der Waals surface area (Å²) in [5.41, 5.74) is 0. The van der Waals surface area contributed by atoms with Crippen LogP contribution in [0.25, 0.3) is 0 Å². The molecule has 1 fully saturated rings. The second kappa shape index (κ2) is 4.24. The Morgan fingerprint density at radius 3 is 3.07 bits per heavy atom. The Hall–Kier alpha value is -0.670. The van der Waals surface area contributed by atoms with Crippen molar-refractivity contribution in [2.75, 3.05) is 13.1 Å². The second-order valence-electron chi connectivity index (χ2n) is 3.90. The number of aryl methyl sites for hydroxylation is 1. The molecule has 3 heteroatoms. The number of carbonyl (C=O) groups excluding carboxylic acids is 1. The Kier molecular flexibility index (Phi) is 2.99. The Morgan fingerprint density at radius 1 is 1.64 bits per heavy atom. The van der Waals surface area contributed by atoms with Crippen molar-refractivity contribution in [3.05, 3.63) is 21.9 Å². The van der Waals surface area contributed by atoms with E-state index in [2.05, 4.69) is 5.32 Å². The monoisotopic (exact) mass is 209 g/mol. The number of carbonyl (C=O) groups is 1. The third kappa shape index (κ3) is 2.22. The van der Waals surface area contributed by atoms with Crippen LogP contribution in [0.3, 0.4) is 0 Å². The fraction of sp³-hybridized carbons (Fsp3) is 0.545. The predicted octanol–water partition coefficient (Wildman–Crippen LogP) is 2.24. The maximum atomic E-state index is 11.8. The first-order valence-electron chi connectivity index (χ1n) is 5.06. The molecule has 2 heterocycles. The topological polar surface area (TPSA) is 29.1 Å². The highest BCUT2D eigenvalue weighted by molar-refractivity contribution is 7.14. The quantitative estimate of drug-likeness (QED) is 0.773. The molecule has 0 bridgehead atoms. The van der Waals surface area contributed by atoms with Gasteiger partial charge in [0, 0.05) is 11.3 Å².